The van der Waals surface area contributed by atoms with Gasteiger partial charge in [0.15, 0.2) is 5.13 Å². The van der Waals surface area contributed by atoms with E-state index >= 15 is 0 Å². The molecule has 3 aromatic rings. The minimum atomic E-state index is -0.846. The second-order valence-corrected chi connectivity index (χ2v) is 7.81. The van der Waals surface area contributed by atoms with Crippen LogP contribution in [0.1, 0.15) is 24.1 Å². The Morgan fingerprint density at radius 3 is 2.63 bits per heavy atom. The predicted molar refractivity (Wildman–Crippen MR) is 116 cm³/mol. The number of aromatic nitrogens is 1. The Kier molecular flexibility index (Phi) is 5.57. The SMILES string of the molecule is CCOc1ccc(/C(O)=C2\C(=O)C(=O)N(c3nccs3)[C@@H]2c2cccc(Cl)c2)cc1. The van der Waals surface area contributed by atoms with Gasteiger partial charge in [-0.05, 0) is 48.9 Å². The number of hydrogen-bond acceptors (Lipinski definition) is 6. The molecule has 1 aromatic heterocycles. The number of benzene rings is 2. The fraction of sp³-hybridized carbons (Fsp3) is 0.136. The molecule has 0 bridgehead atoms. The third-order valence-corrected chi connectivity index (χ3v) is 5.68. The van der Waals surface area contributed by atoms with E-state index in [-0.39, 0.29) is 11.3 Å². The number of ketones is 1. The van der Waals surface area contributed by atoms with Gasteiger partial charge in [-0.2, -0.15) is 0 Å². The largest absolute Gasteiger partial charge is 0.507 e. The topological polar surface area (TPSA) is 79.7 Å². The molecule has 1 atom stereocenters. The summed E-state index contributed by atoms with van der Waals surface area (Å²) in [5, 5.41) is 13.6. The summed E-state index contributed by atoms with van der Waals surface area (Å²) < 4.78 is 5.43. The number of amides is 1. The predicted octanol–water partition coefficient (Wildman–Crippen LogP) is 4.82. The first-order chi connectivity index (χ1) is 14.5. The molecule has 2 heterocycles. The van der Waals surface area contributed by atoms with Crippen LogP contribution in [0.15, 0.2) is 65.7 Å². The Morgan fingerprint density at radius 1 is 1.23 bits per heavy atom. The Morgan fingerprint density at radius 2 is 2.00 bits per heavy atom. The zero-order chi connectivity index (χ0) is 21.3. The maximum atomic E-state index is 13.0. The van der Waals surface area contributed by atoms with Gasteiger partial charge in [-0.1, -0.05) is 23.7 Å². The van der Waals surface area contributed by atoms with Crippen molar-refractivity contribution < 1.29 is 19.4 Å². The monoisotopic (exact) mass is 440 g/mol. The highest BCUT2D eigenvalue weighted by atomic mass is 35.5. The summed E-state index contributed by atoms with van der Waals surface area (Å²) in [6.07, 6.45) is 1.56. The number of thiazole rings is 1. The molecule has 0 radical (unpaired) electrons. The highest BCUT2D eigenvalue weighted by Crippen LogP contribution is 2.43. The Bertz CT molecular complexity index is 1130. The van der Waals surface area contributed by atoms with Crippen LogP contribution in [0, 0.1) is 0 Å². The molecule has 1 fully saturated rings. The van der Waals surface area contributed by atoms with Gasteiger partial charge in [0, 0.05) is 22.2 Å². The summed E-state index contributed by atoms with van der Waals surface area (Å²) in [6.45, 7) is 2.39. The van der Waals surface area contributed by atoms with Gasteiger partial charge >= 0.3 is 5.91 Å². The van der Waals surface area contributed by atoms with Crippen LogP contribution in [-0.2, 0) is 9.59 Å². The zero-order valence-corrected chi connectivity index (χ0v) is 17.5. The molecule has 0 unspecified atom stereocenters. The van der Waals surface area contributed by atoms with E-state index in [1.807, 2.05) is 6.92 Å². The van der Waals surface area contributed by atoms with Crippen LogP contribution in [0.3, 0.4) is 0 Å². The van der Waals surface area contributed by atoms with Crippen LogP contribution >= 0.6 is 22.9 Å². The maximum Gasteiger partial charge on any atom is 0.301 e. The molecule has 1 amide bonds. The Hall–Kier alpha value is -3.16. The molecular weight excluding hydrogens is 424 g/mol. The van der Waals surface area contributed by atoms with Crippen molar-refractivity contribution in [3.63, 3.8) is 0 Å². The van der Waals surface area contributed by atoms with Crippen molar-refractivity contribution in [3.8, 4) is 5.75 Å². The Balaban J connectivity index is 1.88. The Labute approximate surface area is 182 Å². The number of halogens is 1. The first-order valence-corrected chi connectivity index (χ1v) is 10.5. The van der Waals surface area contributed by atoms with Crippen LogP contribution in [0.4, 0.5) is 5.13 Å². The van der Waals surface area contributed by atoms with Crippen LogP contribution in [0.25, 0.3) is 5.76 Å². The van der Waals surface area contributed by atoms with E-state index in [2.05, 4.69) is 4.98 Å². The van der Waals surface area contributed by atoms with Gasteiger partial charge in [0.2, 0.25) is 0 Å². The van der Waals surface area contributed by atoms with Gasteiger partial charge in [0.1, 0.15) is 11.5 Å². The van der Waals surface area contributed by atoms with E-state index in [9.17, 15) is 14.7 Å². The van der Waals surface area contributed by atoms with Crippen LogP contribution in [0.5, 0.6) is 5.75 Å². The fourth-order valence-electron chi connectivity index (χ4n) is 3.39. The minimum Gasteiger partial charge on any atom is -0.507 e. The van der Waals surface area contributed by atoms with Crippen molar-refractivity contribution in [1.82, 2.24) is 4.98 Å². The molecule has 152 valence electrons. The van der Waals surface area contributed by atoms with Crippen molar-refractivity contribution in [2.75, 3.05) is 11.5 Å². The summed E-state index contributed by atoms with van der Waals surface area (Å²) >= 11 is 7.40. The van der Waals surface area contributed by atoms with E-state index in [4.69, 9.17) is 16.3 Å². The number of Topliss-reactive ketones (excluding diaryl/α,β-unsaturated/α-hetero) is 1. The molecule has 0 aliphatic carbocycles. The molecule has 1 saturated heterocycles. The first-order valence-electron chi connectivity index (χ1n) is 9.20. The summed E-state index contributed by atoms with van der Waals surface area (Å²) in [5.74, 6) is -1.15. The van der Waals surface area contributed by atoms with E-state index < -0.39 is 17.7 Å². The van der Waals surface area contributed by atoms with Crippen molar-refractivity contribution in [3.05, 3.63) is 81.8 Å². The molecule has 6 nitrogen and oxygen atoms in total. The van der Waals surface area contributed by atoms with E-state index in [1.54, 1.807) is 60.1 Å². The highest BCUT2D eigenvalue weighted by Gasteiger charge is 2.48. The van der Waals surface area contributed by atoms with Gasteiger partial charge in [0.25, 0.3) is 5.78 Å². The number of carbonyl (C=O) groups excluding carboxylic acids is 2. The lowest BCUT2D eigenvalue weighted by atomic mass is 9.95. The summed E-state index contributed by atoms with van der Waals surface area (Å²) in [4.78, 5) is 31.4. The second-order valence-electron chi connectivity index (χ2n) is 6.50. The van der Waals surface area contributed by atoms with Gasteiger partial charge < -0.3 is 9.84 Å². The molecular formula is C22H17ClN2O4S. The number of hydrogen-bond donors (Lipinski definition) is 1. The van der Waals surface area contributed by atoms with Crippen molar-refractivity contribution in [1.29, 1.82) is 0 Å². The molecule has 1 aliphatic rings. The number of rotatable bonds is 5. The maximum absolute atomic E-state index is 13.0. The lowest BCUT2D eigenvalue weighted by molar-refractivity contribution is -0.132. The minimum absolute atomic E-state index is 0.0124. The summed E-state index contributed by atoms with van der Waals surface area (Å²) in [5.41, 5.74) is 0.994. The molecule has 8 heteroatoms. The van der Waals surface area contributed by atoms with Crippen LogP contribution in [-0.4, -0.2) is 28.4 Å². The van der Waals surface area contributed by atoms with E-state index in [0.29, 0.717) is 33.6 Å². The molecule has 30 heavy (non-hydrogen) atoms. The fourth-order valence-corrected chi connectivity index (χ4v) is 4.25. The lowest BCUT2D eigenvalue weighted by Crippen LogP contribution is -2.29. The molecule has 4 rings (SSSR count). The standard InChI is InChI=1S/C22H17ClN2O4S/c1-2-29-16-8-6-13(7-9-16)19(26)17-18(14-4-3-5-15(23)12-14)25(21(28)20(17)27)22-24-10-11-30-22/h3-12,18,26H,2H2,1H3/b19-17+/t18-/m1/s1. The van der Waals surface area contributed by atoms with E-state index in [1.165, 1.54) is 16.2 Å². The molecule has 1 N–H and O–H groups in total. The summed E-state index contributed by atoms with van der Waals surface area (Å²) in [6, 6.07) is 12.7. The normalized spacial score (nSPS) is 18.1. The van der Waals surface area contributed by atoms with Crippen LogP contribution in [0.2, 0.25) is 5.02 Å². The second kappa shape index (κ2) is 8.30. The van der Waals surface area contributed by atoms with Crippen molar-refractivity contribution in [2.45, 2.75) is 13.0 Å². The number of aliphatic hydroxyl groups is 1. The average molecular weight is 441 g/mol. The highest BCUT2D eigenvalue weighted by molar-refractivity contribution is 7.14. The summed E-state index contributed by atoms with van der Waals surface area (Å²) in [7, 11) is 0. The van der Waals surface area contributed by atoms with E-state index in [0.717, 1.165) is 0 Å². The number of carbonyl (C=O) groups is 2. The van der Waals surface area contributed by atoms with Crippen molar-refractivity contribution in [2.24, 2.45) is 0 Å². The first kappa shape index (κ1) is 20.1. The number of anilines is 1. The number of ether oxygens (including phenoxy) is 1. The van der Waals surface area contributed by atoms with Crippen molar-refractivity contribution >= 4 is 45.5 Å². The van der Waals surface area contributed by atoms with Crippen LogP contribution < -0.4 is 9.64 Å². The third kappa shape index (κ3) is 3.58. The molecule has 2 aromatic carbocycles. The van der Waals surface area contributed by atoms with Gasteiger partial charge in [-0.3, -0.25) is 14.5 Å². The quantitative estimate of drug-likeness (QED) is 0.349. The third-order valence-electron chi connectivity index (χ3n) is 4.67. The average Bonchev–Trinajstić information content (AvgIpc) is 3.35. The molecule has 1 aliphatic heterocycles. The molecule has 0 saturated carbocycles. The number of aliphatic hydroxyl groups excluding tert-OH is 1. The smallest absolute Gasteiger partial charge is 0.301 e. The molecule has 0 spiro atoms. The number of nitrogens with zero attached hydrogens (tertiary/aromatic N) is 2. The van der Waals surface area contributed by atoms with Gasteiger partial charge in [0.05, 0.1) is 18.2 Å². The van der Waals surface area contributed by atoms with Gasteiger partial charge in [-0.15, -0.1) is 11.3 Å². The van der Waals surface area contributed by atoms with Gasteiger partial charge in [-0.25, -0.2) is 4.98 Å². The lowest BCUT2D eigenvalue weighted by Gasteiger charge is -2.23. The zero-order valence-electron chi connectivity index (χ0n) is 15.9.